The first-order chi connectivity index (χ1) is 19.0. The zero-order chi connectivity index (χ0) is 28.9. The van der Waals surface area contributed by atoms with Crippen LogP contribution in [0.2, 0.25) is 0 Å². The number of ether oxygens (including phenoxy) is 2. The van der Waals surface area contributed by atoms with Gasteiger partial charge in [-0.15, -0.1) is 0 Å². The van der Waals surface area contributed by atoms with Crippen molar-refractivity contribution in [3.63, 3.8) is 0 Å². The quantitative estimate of drug-likeness (QED) is 0.306. The lowest BCUT2D eigenvalue weighted by Crippen LogP contribution is -2.53. The molecule has 0 aromatic heterocycles. The molecule has 3 aliphatic rings. The highest BCUT2D eigenvalue weighted by Crippen LogP contribution is 2.35. The van der Waals surface area contributed by atoms with E-state index in [9.17, 15) is 19.2 Å². The maximum Gasteiger partial charge on any atom is 0.255 e. The third kappa shape index (κ3) is 4.78. The molecule has 3 heterocycles. The molecule has 2 fully saturated rings. The average Bonchev–Trinajstić information content (AvgIpc) is 3.25. The Morgan fingerprint density at radius 1 is 0.975 bits per heavy atom. The molecule has 3 unspecified atom stereocenters. The molecule has 0 aliphatic carbocycles. The summed E-state index contributed by atoms with van der Waals surface area (Å²) in [4.78, 5) is 52.2. The van der Waals surface area contributed by atoms with Gasteiger partial charge in [-0.2, -0.15) is 0 Å². The zero-order valence-corrected chi connectivity index (χ0v) is 21.5. The number of imide groups is 1. The summed E-state index contributed by atoms with van der Waals surface area (Å²) in [5, 5.41) is 2.27. The fraction of sp³-hybridized carbons (Fsp3) is 0.360. The van der Waals surface area contributed by atoms with Crippen molar-refractivity contribution >= 4 is 92.6 Å². The number of morpholine rings is 1. The molecule has 2 saturated heterocycles. The number of hydrogen-bond donors (Lipinski definition) is 1. The number of hydrogen-bond acceptors (Lipinski definition) is 6. The van der Waals surface area contributed by atoms with Crippen LogP contribution in [-0.2, 0) is 25.7 Å². The van der Waals surface area contributed by atoms with Crippen LogP contribution in [0.1, 0.15) is 51.8 Å². The molecule has 15 heteroatoms. The van der Waals surface area contributed by atoms with Gasteiger partial charge in [0.05, 0.1) is 19.2 Å². The Hall–Kier alpha value is -3.33. The number of rotatable bonds is 6. The highest BCUT2D eigenvalue weighted by molar-refractivity contribution is 6.58. The van der Waals surface area contributed by atoms with Crippen molar-refractivity contribution in [2.75, 3.05) is 19.8 Å². The average molecular weight is 522 g/mol. The molecule has 40 heavy (non-hydrogen) atoms. The van der Waals surface area contributed by atoms with Gasteiger partial charge in [0.25, 0.3) is 5.91 Å². The summed E-state index contributed by atoms with van der Waals surface area (Å²) in [5.74, 6) is -2.36. The first-order valence-electron chi connectivity index (χ1n) is 12.6. The van der Waals surface area contributed by atoms with E-state index in [1.807, 2.05) is 0 Å². The van der Waals surface area contributed by atoms with E-state index in [0.29, 0.717) is 17.7 Å². The molecule has 4 amide bonds. The van der Waals surface area contributed by atoms with Crippen molar-refractivity contribution in [2.45, 2.75) is 37.4 Å². The molecule has 3 atom stereocenters. The summed E-state index contributed by atoms with van der Waals surface area (Å²) in [6.07, 6.45) is 0.349. The van der Waals surface area contributed by atoms with Gasteiger partial charge >= 0.3 is 0 Å². The highest BCUT2D eigenvalue weighted by atomic mass is 16.5. The fourth-order valence-electron chi connectivity index (χ4n) is 5.34. The normalized spacial score (nSPS) is 20.8. The molecular formula is C25H19B6N3O6. The van der Waals surface area contributed by atoms with Crippen LogP contribution in [0, 0.1) is 0 Å². The predicted octanol–water partition coefficient (Wildman–Crippen LogP) is -4.11. The van der Waals surface area contributed by atoms with E-state index in [4.69, 9.17) is 56.6 Å². The third-order valence-electron chi connectivity index (χ3n) is 7.47. The Kier molecular flexibility index (Phi) is 7.70. The fourth-order valence-corrected chi connectivity index (χ4v) is 5.34. The van der Waals surface area contributed by atoms with Crippen LogP contribution < -0.4 is 31.9 Å². The summed E-state index contributed by atoms with van der Waals surface area (Å²) in [5.41, 5.74) is 1.13. The predicted molar refractivity (Wildman–Crippen MR) is 151 cm³/mol. The zero-order valence-electron chi connectivity index (χ0n) is 21.5. The van der Waals surface area contributed by atoms with Gasteiger partial charge in [0.15, 0.2) is 0 Å². The van der Waals surface area contributed by atoms with E-state index in [1.54, 1.807) is 18.2 Å². The minimum absolute atomic E-state index is 0.00467. The number of amides is 4. The second-order valence-electron chi connectivity index (χ2n) is 9.79. The number of piperidine rings is 1. The lowest BCUT2D eigenvalue weighted by molar-refractivity contribution is -0.143. The van der Waals surface area contributed by atoms with Gasteiger partial charge in [0.2, 0.25) is 17.7 Å². The Bertz CT molecular complexity index is 1410. The minimum Gasteiger partial charge on any atom is -0.496 e. The SMILES string of the molecule is [B]c1c([B])c(C([B])N2CCOCC2=O)c([B])c([B])c1C([B])Oc1cccc2c1CN(C1CCC(=O)NC1=O)C2=O. The number of nitrogens with one attached hydrogen (secondary N) is 1. The number of carbonyl (C=O) groups is 4. The summed E-state index contributed by atoms with van der Waals surface area (Å²) < 4.78 is 11.2. The largest absolute Gasteiger partial charge is 0.496 e. The molecule has 3 aliphatic heterocycles. The summed E-state index contributed by atoms with van der Waals surface area (Å²) in [6.45, 7) is 0.475. The Labute approximate surface area is 239 Å². The smallest absolute Gasteiger partial charge is 0.255 e. The van der Waals surface area contributed by atoms with Crippen molar-refractivity contribution in [1.82, 2.24) is 15.1 Å². The monoisotopic (exact) mass is 523 g/mol. The summed E-state index contributed by atoms with van der Waals surface area (Å²) in [6, 6.07) is 2.80. The maximum atomic E-state index is 13.1. The molecule has 2 aromatic carbocycles. The Morgan fingerprint density at radius 3 is 2.30 bits per heavy atom. The maximum absolute atomic E-state index is 13.1. The van der Waals surface area contributed by atoms with Crippen molar-refractivity contribution in [1.29, 1.82) is 0 Å². The van der Waals surface area contributed by atoms with Crippen molar-refractivity contribution in [2.24, 2.45) is 0 Å². The molecule has 0 bridgehead atoms. The van der Waals surface area contributed by atoms with Crippen molar-refractivity contribution < 1.29 is 28.7 Å². The van der Waals surface area contributed by atoms with Gasteiger partial charge < -0.3 is 19.3 Å². The van der Waals surface area contributed by atoms with Gasteiger partial charge in [-0.3, -0.25) is 24.5 Å². The van der Waals surface area contributed by atoms with Crippen LogP contribution in [0.3, 0.4) is 0 Å². The molecule has 2 aromatic rings. The van der Waals surface area contributed by atoms with E-state index in [-0.39, 0.29) is 89.0 Å². The van der Waals surface area contributed by atoms with E-state index in [1.165, 1.54) is 9.80 Å². The van der Waals surface area contributed by atoms with Gasteiger partial charge in [-0.05, 0) is 29.7 Å². The Morgan fingerprint density at radius 2 is 1.65 bits per heavy atom. The highest BCUT2D eigenvalue weighted by Gasteiger charge is 2.40. The van der Waals surface area contributed by atoms with E-state index < -0.39 is 23.9 Å². The third-order valence-corrected chi connectivity index (χ3v) is 7.47. The molecule has 1 N–H and O–H groups in total. The number of fused-ring (bicyclic) bond motifs is 1. The molecule has 0 spiro atoms. The second kappa shape index (κ2) is 10.9. The molecular weight excluding hydrogens is 503 g/mol. The van der Waals surface area contributed by atoms with E-state index in [0.717, 1.165) is 0 Å². The van der Waals surface area contributed by atoms with Gasteiger partial charge in [-0.1, -0.05) is 27.9 Å². The minimum atomic E-state index is -1.26. The molecule has 12 radical (unpaired) electrons. The summed E-state index contributed by atoms with van der Waals surface area (Å²) in [7, 11) is 38.1. The molecule has 9 nitrogen and oxygen atoms in total. The number of benzene rings is 2. The Balaban J connectivity index is 1.42. The van der Waals surface area contributed by atoms with Crippen LogP contribution in [0.15, 0.2) is 18.2 Å². The number of carbonyl (C=O) groups excluding carboxylic acids is 4. The first kappa shape index (κ1) is 28.2. The lowest BCUT2D eigenvalue weighted by atomic mass is 9.59. The molecule has 0 saturated carbocycles. The van der Waals surface area contributed by atoms with Crippen LogP contribution in [-0.4, -0.2) is 106 Å². The van der Waals surface area contributed by atoms with E-state index in [2.05, 4.69) is 5.32 Å². The van der Waals surface area contributed by atoms with Crippen LogP contribution in [0.5, 0.6) is 5.75 Å². The second-order valence-corrected chi connectivity index (χ2v) is 9.79. The van der Waals surface area contributed by atoms with Crippen molar-refractivity contribution in [3.05, 3.63) is 40.5 Å². The van der Waals surface area contributed by atoms with Gasteiger partial charge in [0, 0.05) is 30.0 Å². The molecule has 188 valence electrons. The lowest BCUT2D eigenvalue weighted by Gasteiger charge is -2.37. The van der Waals surface area contributed by atoms with Crippen molar-refractivity contribution in [3.8, 4) is 5.75 Å². The van der Waals surface area contributed by atoms with Crippen LogP contribution in [0.25, 0.3) is 0 Å². The molecule has 5 rings (SSSR count). The van der Waals surface area contributed by atoms with Crippen LogP contribution >= 0.6 is 0 Å². The summed E-state index contributed by atoms with van der Waals surface area (Å²) >= 11 is 0. The van der Waals surface area contributed by atoms with Gasteiger partial charge in [0.1, 0.15) is 65.5 Å². The number of nitrogens with zero attached hydrogens (tertiary/aromatic N) is 2. The van der Waals surface area contributed by atoms with E-state index >= 15 is 0 Å². The first-order valence-corrected chi connectivity index (χ1v) is 12.6. The van der Waals surface area contributed by atoms with Crippen LogP contribution in [0.4, 0.5) is 0 Å². The topological polar surface area (TPSA) is 105 Å². The standard InChI is InChI=1S/C25H19B6N3O6/c26-18-16(22(30)33-6-7-39-9-15(33)36)19(27)21(29)17(20(18)28)23(31)40-13-3-1-2-10-11(13)8-34(25(10)38)12-4-5-14(35)32-24(12)37/h1-3,12,22-23H,4-9H2,(H,32,35,37). The van der Waals surface area contributed by atoms with Gasteiger partial charge in [-0.25, -0.2) is 0 Å².